The standard InChI is InChI=1S/C13H23NO6S/c1-13(12(15)16)5-3-6-14(13)21(17,18)9-11(19-2)10-4-7-20-8-10/h10-11H,3-9H2,1-2H3,(H,15,16). The van der Waals surface area contributed by atoms with Crippen molar-refractivity contribution in [3.63, 3.8) is 0 Å². The summed E-state index contributed by atoms with van der Waals surface area (Å²) >= 11 is 0. The van der Waals surface area contributed by atoms with Gasteiger partial charge in [0, 0.05) is 26.2 Å². The minimum absolute atomic E-state index is 0.0449. The maximum atomic E-state index is 12.6. The van der Waals surface area contributed by atoms with Crippen molar-refractivity contribution in [3.8, 4) is 0 Å². The van der Waals surface area contributed by atoms with Gasteiger partial charge in [0.2, 0.25) is 10.0 Å². The van der Waals surface area contributed by atoms with Crippen LogP contribution in [0.1, 0.15) is 26.2 Å². The Labute approximate surface area is 125 Å². The van der Waals surface area contributed by atoms with Crippen LogP contribution in [0, 0.1) is 5.92 Å². The number of aliphatic carboxylic acids is 1. The molecule has 1 N–H and O–H groups in total. The van der Waals surface area contributed by atoms with E-state index in [4.69, 9.17) is 9.47 Å². The molecule has 8 heteroatoms. The van der Waals surface area contributed by atoms with Crippen LogP contribution < -0.4 is 0 Å². The van der Waals surface area contributed by atoms with E-state index in [9.17, 15) is 18.3 Å². The van der Waals surface area contributed by atoms with E-state index in [-0.39, 0.29) is 18.2 Å². The number of carboxylic acids is 1. The van der Waals surface area contributed by atoms with Gasteiger partial charge in [0.1, 0.15) is 5.54 Å². The lowest BCUT2D eigenvalue weighted by Crippen LogP contribution is -2.52. The van der Waals surface area contributed by atoms with E-state index in [0.29, 0.717) is 26.1 Å². The summed E-state index contributed by atoms with van der Waals surface area (Å²) in [5.74, 6) is -1.24. The molecule has 7 nitrogen and oxygen atoms in total. The number of sulfonamides is 1. The number of methoxy groups -OCH3 is 1. The van der Waals surface area contributed by atoms with E-state index in [2.05, 4.69) is 0 Å². The molecule has 21 heavy (non-hydrogen) atoms. The molecule has 0 aromatic rings. The third-order valence-electron chi connectivity index (χ3n) is 4.54. The Bertz CT molecular complexity index is 487. The van der Waals surface area contributed by atoms with Crippen molar-refractivity contribution < 1.29 is 27.8 Å². The highest BCUT2D eigenvalue weighted by Crippen LogP contribution is 2.33. The van der Waals surface area contributed by atoms with Gasteiger partial charge in [0.05, 0.1) is 18.5 Å². The van der Waals surface area contributed by atoms with Crippen LogP contribution in [0.15, 0.2) is 0 Å². The minimum Gasteiger partial charge on any atom is -0.480 e. The Morgan fingerprint density at radius 3 is 2.81 bits per heavy atom. The molecule has 2 heterocycles. The second-order valence-corrected chi connectivity index (χ2v) is 7.87. The van der Waals surface area contributed by atoms with Gasteiger partial charge in [-0.1, -0.05) is 0 Å². The highest BCUT2D eigenvalue weighted by atomic mass is 32.2. The Balaban J connectivity index is 2.15. The zero-order valence-corrected chi connectivity index (χ0v) is 13.3. The fourth-order valence-corrected chi connectivity index (χ4v) is 5.33. The lowest BCUT2D eigenvalue weighted by atomic mass is 10.0. The summed E-state index contributed by atoms with van der Waals surface area (Å²) in [6.07, 6.45) is 1.21. The predicted octanol–water partition coefficient (Wildman–Crippen LogP) is 0.307. The van der Waals surface area contributed by atoms with Gasteiger partial charge < -0.3 is 14.6 Å². The van der Waals surface area contributed by atoms with E-state index >= 15 is 0 Å². The van der Waals surface area contributed by atoms with Crippen LogP contribution in [-0.2, 0) is 24.3 Å². The van der Waals surface area contributed by atoms with Crippen LogP contribution >= 0.6 is 0 Å². The van der Waals surface area contributed by atoms with E-state index in [1.807, 2.05) is 0 Å². The molecule has 0 bridgehead atoms. The van der Waals surface area contributed by atoms with Crippen molar-refractivity contribution in [3.05, 3.63) is 0 Å². The van der Waals surface area contributed by atoms with Crippen LogP contribution in [-0.4, -0.2) is 68.1 Å². The molecule has 2 fully saturated rings. The first-order valence-electron chi connectivity index (χ1n) is 7.16. The molecule has 2 aliphatic heterocycles. The first kappa shape index (κ1) is 16.7. The van der Waals surface area contributed by atoms with Crippen molar-refractivity contribution >= 4 is 16.0 Å². The number of hydrogen-bond donors (Lipinski definition) is 1. The van der Waals surface area contributed by atoms with Gasteiger partial charge in [0.15, 0.2) is 0 Å². The van der Waals surface area contributed by atoms with Gasteiger partial charge in [0.25, 0.3) is 0 Å². The Morgan fingerprint density at radius 2 is 2.29 bits per heavy atom. The number of rotatable bonds is 6. The van der Waals surface area contributed by atoms with Gasteiger partial charge in [-0.25, -0.2) is 8.42 Å². The van der Waals surface area contributed by atoms with Gasteiger partial charge >= 0.3 is 5.97 Å². The first-order chi connectivity index (χ1) is 9.81. The highest BCUT2D eigenvalue weighted by molar-refractivity contribution is 7.89. The smallest absolute Gasteiger partial charge is 0.324 e. The van der Waals surface area contributed by atoms with Crippen molar-refractivity contribution in [2.45, 2.75) is 37.8 Å². The van der Waals surface area contributed by atoms with E-state index in [0.717, 1.165) is 10.7 Å². The summed E-state index contributed by atoms with van der Waals surface area (Å²) in [5, 5.41) is 9.35. The van der Waals surface area contributed by atoms with Crippen molar-refractivity contribution in [2.75, 3.05) is 32.6 Å². The molecule has 122 valence electrons. The van der Waals surface area contributed by atoms with Crippen LogP contribution in [0.3, 0.4) is 0 Å². The molecular weight excluding hydrogens is 298 g/mol. The Kier molecular flexibility index (Phi) is 4.92. The minimum atomic E-state index is -3.69. The molecule has 2 saturated heterocycles. The van der Waals surface area contributed by atoms with E-state index < -0.39 is 27.6 Å². The molecule has 0 amide bonds. The maximum Gasteiger partial charge on any atom is 0.324 e. The van der Waals surface area contributed by atoms with Crippen molar-refractivity contribution in [2.24, 2.45) is 5.92 Å². The topological polar surface area (TPSA) is 93.1 Å². The highest BCUT2D eigenvalue weighted by Gasteiger charge is 2.50. The Hall–Kier alpha value is -0.700. The van der Waals surface area contributed by atoms with Gasteiger partial charge in [-0.15, -0.1) is 0 Å². The van der Waals surface area contributed by atoms with Gasteiger partial charge in [-0.05, 0) is 26.2 Å². The largest absolute Gasteiger partial charge is 0.480 e. The SMILES string of the molecule is COC(CS(=O)(=O)N1CCCC1(C)C(=O)O)C1CCOC1. The van der Waals surface area contributed by atoms with E-state index in [1.54, 1.807) is 0 Å². The summed E-state index contributed by atoms with van der Waals surface area (Å²) in [6, 6.07) is 0. The van der Waals surface area contributed by atoms with Crippen LogP contribution in [0.5, 0.6) is 0 Å². The van der Waals surface area contributed by atoms with Crippen LogP contribution in [0.2, 0.25) is 0 Å². The molecule has 0 aromatic carbocycles. The van der Waals surface area contributed by atoms with Crippen molar-refractivity contribution in [1.29, 1.82) is 0 Å². The summed E-state index contributed by atoms with van der Waals surface area (Å²) in [7, 11) is -2.20. The second kappa shape index (κ2) is 6.20. The summed E-state index contributed by atoms with van der Waals surface area (Å²) in [6.45, 7) is 2.83. The number of carboxylic acid groups (broad SMARTS) is 1. The summed E-state index contributed by atoms with van der Waals surface area (Å²) in [4.78, 5) is 11.4. The number of hydrogen-bond acceptors (Lipinski definition) is 5. The Morgan fingerprint density at radius 1 is 1.57 bits per heavy atom. The molecule has 0 aromatic heterocycles. The quantitative estimate of drug-likeness (QED) is 0.756. The number of ether oxygens (including phenoxy) is 2. The molecule has 0 saturated carbocycles. The van der Waals surface area contributed by atoms with E-state index in [1.165, 1.54) is 14.0 Å². The number of nitrogens with zero attached hydrogens (tertiary/aromatic N) is 1. The third-order valence-corrected chi connectivity index (χ3v) is 6.55. The monoisotopic (exact) mass is 321 g/mol. The fourth-order valence-electron chi connectivity index (χ4n) is 3.14. The zero-order valence-electron chi connectivity index (χ0n) is 12.4. The number of carbonyl (C=O) groups is 1. The fraction of sp³-hybridized carbons (Fsp3) is 0.923. The first-order valence-corrected chi connectivity index (χ1v) is 8.76. The molecule has 2 rings (SSSR count). The van der Waals surface area contributed by atoms with Crippen molar-refractivity contribution in [1.82, 2.24) is 4.31 Å². The maximum absolute atomic E-state index is 12.6. The zero-order chi connectivity index (χ0) is 15.7. The second-order valence-electron chi connectivity index (χ2n) is 5.93. The normalized spacial score (nSPS) is 32.4. The summed E-state index contributed by atoms with van der Waals surface area (Å²) < 4.78 is 37.0. The molecule has 0 radical (unpaired) electrons. The molecule has 2 aliphatic rings. The van der Waals surface area contributed by atoms with Crippen LogP contribution in [0.4, 0.5) is 0 Å². The van der Waals surface area contributed by atoms with Gasteiger partial charge in [-0.3, -0.25) is 4.79 Å². The lowest BCUT2D eigenvalue weighted by Gasteiger charge is -2.32. The molecule has 0 aliphatic carbocycles. The van der Waals surface area contributed by atoms with Crippen LogP contribution in [0.25, 0.3) is 0 Å². The third kappa shape index (κ3) is 3.23. The molecular formula is C13H23NO6S. The average Bonchev–Trinajstić information content (AvgIpc) is 3.05. The molecule has 3 unspecified atom stereocenters. The summed E-state index contributed by atoms with van der Waals surface area (Å²) in [5.41, 5.74) is -1.34. The average molecular weight is 321 g/mol. The molecule has 0 spiro atoms. The molecule has 3 atom stereocenters. The van der Waals surface area contributed by atoms with Gasteiger partial charge in [-0.2, -0.15) is 4.31 Å². The lowest BCUT2D eigenvalue weighted by molar-refractivity contribution is -0.146. The predicted molar refractivity (Wildman–Crippen MR) is 75.5 cm³/mol.